The predicted octanol–water partition coefficient (Wildman–Crippen LogP) is 1.05. The van der Waals surface area contributed by atoms with Crippen LogP contribution in [0.15, 0.2) is 23.1 Å². The highest BCUT2D eigenvalue weighted by Gasteiger charge is 2.39. The van der Waals surface area contributed by atoms with Gasteiger partial charge in [0, 0.05) is 13.1 Å². The van der Waals surface area contributed by atoms with E-state index in [1.165, 1.54) is 4.31 Å². The molecule has 1 aliphatic heterocycles. The lowest BCUT2D eigenvalue weighted by molar-refractivity contribution is -0.122. The SMILES string of the molecule is Cc1ccc(S(=O)(=O)N2C[C@@H](C)[C@H](C(N)=O)C2)cc1C. The molecule has 0 bridgehead atoms. The van der Waals surface area contributed by atoms with E-state index in [-0.39, 0.29) is 17.4 Å². The van der Waals surface area contributed by atoms with Crippen molar-refractivity contribution in [3.63, 3.8) is 0 Å². The summed E-state index contributed by atoms with van der Waals surface area (Å²) in [5.41, 5.74) is 7.30. The summed E-state index contributed by atoms with van der Waals surface area (Å²) in [7, 11) is -3.55. The van der Waals surface area contributed by atoms with Gasteiger partial charge in [0.2, 0.25) is 15.9 Å². The molecule has 1 heterocycles. The summed E-state index contributed by atoms with van der Waals surface area (Å²) in [6.07, 6.45) is 0. The van der Waals surface area contributed by atoms with Crippen LogP contribution in [0, 0.1) is 25.7 Å². The van der Waals surface area contributed by atoms with Crippen LogP contribution in [-0.2, 0) is 14.8 Å². The van der Waals surface area contributed by atoms with Gasteiger partial charge in [0.15, 0.2) is 0 Å². The van der Waals surface area contributed by atoms with Crippen LogP contribution in [0.25, 0.3) is 0 Å². The lowest BCUT2D eigenvalue weighted by atomic mass is 9.98. The monoisotopic (exact) mass is 296 g/mol. The first kappa shape index (κ1) is 15.0. The highest BCUT2D eigenvalue weighted by atomic mass is 32.2. The summed E-state index contributed by atoms with van der Waals surface area (Å²) in [4.78, 5) is 11.6. The van der Waals surface area contributed by atoms with Gasteiger partial charge in [-0.2, -0.15) is 4.31 Å². The van der Waals surface area contributed by atoms with Crippen LogP contribution in [0.3, 0.4) is 0 Å². The molecule has 1 fully saturated rings. The summed E-state index contributed by atoms with van der Waals surface area (Å²) in [6.45, 7) is 6.18. The molecule has 1 saturated heterocycles. The second-order valence-electron chi connectivity index (χ2n) is 5.55. The molecule has 20 heavy (non-hydrogen) atoms. The van der Waals surface area contributed by atoms with Crippen LogP contribution < -0.4 is 5.73 Å². The molecule has 1 aromatic carbocycles. The smallest absolute Gasteiger partial charge is 0.243 e. The van der Waals surface area contributed by atoms with Crippen LogP contribution in [0.2, 0.25) is 0 Å². The van der Waals surface area contributed by atoms with Gasteiger partial charge in [-0.1, -0.05) is 13.0 Å². The first-order valence-corrected chi connectivity index (χ1v) is 8.04. The predicted molar refractivity (Wildman–Crippen MR) is 76.5 cm³/mol. The Kier molecular flexibility index (Phi) is 3.88. The van der Waals surface area contributed by atoms with E-state index in [4.69, 9.17) is 5.73 Å². The zero-order valence-electron chi connectivity index (χ0n) is 12.0. The van der Waals surface area contributed by atoms with Crippen molar-refractivity contribution in [3.05, 3.63) is 29.3 Å². The van der Waals surface area contributed by atoms with E-state index in [0.29, 0.717) is 6.54 Å². The highest BCUT2D eigenvalue weighted by Crippen LogP contribution is 2.28. The maximum absolute atomic E-state index is 12.6. The first-order valence-electron chi connectivity index (χ1n) is 6.60. The Morgan fingerprint density at radius 2 is 1.90 bits per heavy atom. The number of carbonyl (C=O) groups is 1. The van der Waals surface area contributed by atoms with Crippen molar-refractivity contribution in [2.75, 3.05) is 13.1 Å². The molecule has 2 N–H and O–H groups in total. The van der Waals surface area contributed by atoms with Gasteiger partial charge in [0.1, 0.15) is 0 Å². The number of hydrogen-bond acceptors (Lipinski definition) is 3. The summed E-state index contributed by atoms with van der Waals surface area (Å²) in [6, 6.07) is 5.08. The van der Waals surface area contributed by atoms with Crippen LogP contribution >= 0.6 is 0 Å². The van der Waals surface area contributed by atoms with E-state index < -0.39 is 21.8 Å². The number of primary amides is 1. The fourth-order valence-electron chi connectivity index (χ4n) is 2.51. The van der Waals surface area contributed by atoms with E-state index in [1.807, 2.05) is 20.8 Å². The Labute approximate surface area is 119 Å². The Morgan fingerprint density at radius 1 is 1.25 bits per heavy atom. The van der Waals surface area contributed by atoms with Crippen molar-refractivity contribution < 1.29 is 13.2 Å². The molecule has 1 aromatic rings. The number of hydrogen-bond donors (Lipinski definition) is 1. The van der Waals surface area contributed by atoms with Crippen molar-refractivity contribution in [2.24, 2.45) is 17.6 Å². The fourth-order valence-corrected chi connectivity index (χ4v) is 4.16. The average molecular weight is 296 g/mol. The molecule has 0 unspecified atom stereocenters. The van der Waals surface area contributed by atoms with Crippen LogP contribution in [-0.4, -0.2) is 31.7 Å². The molecule has 0 aromatic heterocycles. The number of amides is 1. The van der Waals surface area contributed by atoms with Crippen molar-refractivity contribution in [1.82, 2.24) is 4.31 Å². The third-order valence-electron chi connectivity index (χ3n) is 4.06. The van der Waals surface area contributed by atoms with Gasteiger partial charge in [0.25, 0.3) is 0 Å². The first-order chi connectivity index (χ1) is 9.23. The van der Waals surface area contributed by atoms with E-state index in [9.17, 15) is 13.2 Å². The Hall–Kier alpha value is -1.40. The number of nitrogens with two attached hydrogens (primary N) is 1. The van der Waals surface area contributed by atoms with Gasteiger partial charge in [0.05, 0.1) is 10.8 Å². The van der Waals surface area contributed by atoms with Crippen LogP contribution in [0.1, 0.15) is 18.1 Å². The summed E-state index contributed by atoms with van der Waals surface area (Å²) in [5, 5.41) is 0. The third-order valence-corrected chi connectivity index (χ3v) is 5.89. The molecule has 2 rings (SSSR count). The zero-order valence-corrected chi connectivity index (χ0v) is 12.8. The minimum absolute atomic E-state index is 0.0474. The van der Waals surface area contributed by atoms with Crippen LogP contribution in [0.4, 0.5) is 0 Å². The van der Waals surface area contributed by atoms with Gasteiger partial charge in [-0.15, -0.1) is 0 Å². The molecular weight excluding hydrogens is 276 g/mol. The normalized spacial score (nSPS) is 23.9. The zero-order chi connectivity index (χ0) is 15.1. The quantitative estimate of drug-likeness (QED) is 0.905. The molecule has 0 spiro atoms. The van der Waals surface area contributed by atoms with Crippen LogP contribution in [0.5, 0.6) is 0 Å². The van der Waals surface area contributed by atoms with Crippen molar-refractivity contribution in [1.29, 1.82) is 0 Å². The van der Waals surface area contributed by atoms with E-state index >= 15 is 0 Å². The number of sulfonamides is 1. The van der Waals surface area contributed by atoms with E-state index in [0.717, 1.165) is 11.1 Å². The van der Waals surface area contributed by atoms with Crippen molar-refractivity contribution in [2.45, 2.75) is 25.7 Å². The minimum Gasteiger partial charge on any atom is -0.369 e. The Bertz CT molecular complexity index is 640. The van der Waals surface area contributed by atoms with Gasteiger partial charge in [-0.3, -0.25) is 4.79 Å². The third kappa shape index (κ3) is 2.58. The summed E-state index contributed by atoms with van der Waals surface area (Å²) < 4.78 is 26.5. The molecule has 1 amide bonds. The number of rotatable bonds is 3. The standard InChI is InChI=1S/C14H20N2O3S/c1-9-4-5-12(6-10(9)2)20(18,19)16-7-11(3)13(8-16)14(15)17/h4-6,11,13H,7-8H2,1-3H3,(H2,15,17)/t11-,13-/m1/s1. The molecule has 0 aliphatic carbocycles. The Balaban J connectivity index is 2.32. The second kappa shape index (κ2) is 5.18. The van der Waals surface area contributed by atoms with E-state index in [1.54, 1.807) is 18.2 Å². The summed E-state index contributed by atoms with van der Waals surface area (Å²) in [5.74, 6) is -0.888. The number of aryl methyl sites for hydroxylation is 2. The number of benzene rings is 1. The molecular formula is C14H20N2O3S. The Morgan fingerprint density at radius 3 is 2.40 bits per heavy atom. The van der Waals surface area contributed by atoms with Crippen molar-refractivity contribution in [3.8, 4) is 0 Å². The molecule has 2 atom stereocenters. The van der Waals surface area contributed by atoms with Gasteiger partial charge in [-0.05, 0) is 43.0 Å². The minimum atomic E-state index is -3.55. The summed E-state index contributed by atoms with van der Waals surface area (Å²) >= 11 is 0. The topological polar surface area (TPSA) is 80.5 Å². The fraction of sp³-hybridized carbons (Fsp3) is 0.500. The molecule has 0 radical (unpaired) electrons. The van der Waals surface area contributed by atoms with Gasteiger partial charge >= 0.3 is 0 Å². The van der Waals surface area contributed by atoms with Crippen molar-refractivity contribution >= 4 is 15.9 Å². The molecule has 1 aliphatic rings. The maximum Gasteiger partial charge on any atom is 0.243 e. The molecule has 6 heteroatoms. The average Bonchev–Trinajstić information content (AvgIpc) is 2.75. The molecule has 5 nitrogen and oxygen atoms in total. The largest absolute Gasteiger partial charge is 0.369 e. The number of nitrogens with zero attached hydrogens (tertiary/aromatic N) is 1. The van der Waals surface area contributed by atoms with Gasteiger partial charge in [-0.25, -0.2) is 8.42 Å². The lowest BCUT2D eigenvalue weighted by Crippen LogP contribution is -2.32. The highest BCUT2D eigenvalue weighted by molar-refractivity contribution is 7.89. The van der Waals surface area contributed by atoms with E-state index in [2.05, 4.69) is 0 Å². The lowest BCUT2D eigenvalue weighted by Gasteiger charge is -2.17. The maximum atomic E-state index is 12.6. The second-order valence-corrected chi connectivity index (χ2v) is 7.49. The number of carbonyl (C=O) groups excluding carboxylic acids is 1. The van der Waals surface area contributed by atoms with Gasteiger partial charge < -0.3 is 5.73 Å². The molecule has 0 saturated carbocycles. The molecule has 110 valence electrons.